The van der Waals surface area contributed by atoms with Gasteiger partial charge in [0.15, 0.2) is 0 Å². The fourth-order valence-electron chi connectivity index (χ4n) is 7.69. The van der Waals surface area contributed by atoms with E-state index in [2.05, 4.69) is 13.2 Å². The molecule has 0 heterocycles. The summed E-state index contributed by atoms with van der Waals surface area (Å²) in [6.45, 7) is 14.7. The highest BCUT2D eigenvalue weighted by Crippen LogP contribution is 2.39. The van der Waals surface area contributed by atoms with Crippen molar-refractivity contribution >= 4 is 23.9 Å². The van der Waals surface area contributed by atoms with Crippen molar-refractivity contribution in [3.05, 3.63) is 131 Å². The van der Waals surface area contributed by atoms with Gasteiger partial charge in [0.25, 0.3) is 0 Å². The molecule has 10 nitrogen and oxygen atoms in total. The number of carbonyl (C=O) groups is 4. The molecule has 10 heteroatoms. The Morgan fingerprint density at radius 3 is 1.12 bits per heavy atom. The van der Waals surface area contributed by atoms with E-state index in [0.29, 0.717) is 35.5 Å². The molecule has 0 amide bonds. The van der Waals surface area contributed by atoms with Crippen LogP contribution in [0.25, 0.3) is 11.1 Å². The van der Waals surface area contributed by atoms with Gasteiger partial charge in [-0.15, -0.1) is 13.2 Å². The molecule has 0 aromatic heterocycles. The van der Waals surface area contributed by atoms with Crippen molar-refractivity contribution < 1.29 is 47.6 Å². The summed E-state index contributed by atoms with van der Waals surface area (Å²) in [6.07, 6.45) is 22.6. The second-order valence-corrected chi connectivity index (χ2v) is 16.8. The molecular weight excluding hydrogens is 833 g/mol. The minimum absolute atomic E-state index is 0.0533. The minimum Gasteiger partial charge on any atom is -0.494 e. The summed E-state index contributed by atoms with van der Waals surface area (Å²) in [7, 11) is 0. The van der Waals surface area contributed by atoms with Gasteiger partial charge in [-0.1, -0.05) is 101 Å². The van der Waals surface area contributed by atoms with Gasteiger partial charge in [-0.05, 0) is 123 Å². The summed E-state index contributed by atoms with van der Waals surface area (Å²) < 4.78 is 34.5. The molecule has 0 fully saturated rings. The average Bonchev–Trinajstić information content (AvgIpc) is 3.29. The first kappa shape index (κ1) is 52.5. The zero-order chi connectivity index (χ0) is 47.5. The van der Waals surface area contributed by atoms with E-state index in [9.17, 15) is 19.2 Å². The predicted octanol–water partition coefficient (Wildman–Crippen LogP) is 13.9. The lowest BCUT2D eigenvalue weighted by Gasteiger charge is -2.20. The highest BCUT2D eigenvalue weighted by Gasteiger charge is 2.27. The van der Waals surface area contributed by atoms with E-state index in [1.165, 1.54) is 90.2 Å². The number of rotatable bonds is 31. The van der Waals surface area contributed by atoms with Gasteiger partial charge in [-0.3, -0.25) is 9.59 Å². The van der Waals surface area contributed by atoms with Gasteiger partial charge in [0.05, 0.1) is 24.3 Å². The van der Waals surface area contributed by atoms with Crippen LogP contribution in [-0.2, 0) is 32.3 Å². The van der Waals surface area contributed by atoms with Gasteiger partial charge >= 0.3 is 23.9 Å². The van der Waals surface area contributed by atoms with Gasteiger partial charge in [0.2, 0.25) is 0 Å². The second-order valence-electron chi connectivity index (χ2n) is 16.8. The molecule has 66 heavy (non-hydrogen) atoms. The summed E-state index contributed by atoms with van der Waals surface area (Å²) >= 11 is 0. The van der Waals surface area contributed by atoms with Crippen LogP contribution in [0.4, 0.5) is 0 Å². The number of unbranched alkanes of at least 4 members (excludes halogenated alkanes) is 14. The van der Waals surface area contributed by atoms with Crippen LogP contribution in [0.2, 0.25) is 0 Å². The zero-order valence-corrected chi connectivity index (χ0v) is 39.7. The van der Waals surface area contributed by atoms with E-state index < -0.39 is 23.9 Å². The van der Waals surface area contributed by atoms with Gasteiger partial charge in [-0.2, -0.15) is 0 Å². The standard InChI is InChI=1S/C56H70O10/c1-7-9-11-13-15-17-19-21-23-33-61-47-29-25-45(26-30-47)39-63-55(59)51-37-49(65-43(5)57)35-41(3)53(51)54-42(4)36-50(66-44(6)58)38-52(54)56(60)64-40-46-27-31-48(32-28-46)62-34-24-22-20-18-16-14-12-10-8-2/h7-8,25-32,35-38H,1-2,9-24,33-34,39-40H2,3-6H3. The third-order valence-electron chi connectivity index (χ3n) is 11.1. The largest absolute Gasteiger partial charge is 0.494 e. The Kier molecular flexibility index (Phi) is 23.4. The number of esters is 4. The maximum atomic E-state index is 14.1. The normalized spacial score (nSPS) is 10.8. The van der Waals surface area contributed by atoms with Crippen molar-refractivity contribution in [2.75, 3.05) is 13.2 Å². The fraction of sp³-hybridized carbons (Fsp3) is 0.429. The summed E-state index contributed by atoms with van der Waals surface area (Å²) in [6, 6.07) is 20.9. The Balaban J connectivity index is 1.44. The molecule has 0 aliphatic heterocycles. The Labute approximate surface area is 392 Å². The summed E-state index contributed by atoms with van der Waals surface area (Å²) in [5, 5.41) is 0. The first-order chi connectivity index (χ1) is 32.0. The smallest absolute Gasteiger partial charge is 0.339 e. The third kappa shape index (κ3) is 18.7. The predicted molar refractivity (Wildman–Crippen MR) is 260 cm³/mol. The van der Waals surface area contributed by atoms with Crippen molar-refractivity contribution in [3.63, 3.8) is 0 Å². The van der Waals surface area contributed by atoms with Crippen LogP contribution in [0.1, 0.15) is 160 Å². The van der Waals surface area contributed by atoms with E-state index in [4.69, 9.17) is 28.4 Å². The van der Waals surface area contributed by atoms with Gasteiger partial charge in [0.1, 0.15) is 36.2 Å². The Morgan fingerprint density at radius 1 is 0.455 bits per heavy atom. The van der Waals surface area contributed by atoms with E-state index >= 15 is 0 Å². The molecule has 4 aromatic carbocycles. The molecule has 354 valence electrons. The molecule has 4 aromatic rings. The highest BCUT2D eigenvalue weighted by atomic mass is 16.5. The first-order valence-corrected chi connectivity index (χ1v) is 23.6. The number of carbonyl (C=O) groups excluding carboxylic acids is 4. The van der Waals surface area contributed by atoms with Crippen LogP contribution < -0.4 is 18.9 Å². The Hall–Kier alpha value is -6.16. The topological polar surface area (TPSA) is 124 Å². The second kappa shape index (κ2) is 29.4. The van der Waals surface area contributed by atoms with Crippen molar-refractivity contribution in [2.45, 2.75) is 144 Å². The fourth-order valence-corrected chi connectivity index (χ4v) is 7.69. The van der Waals surface area contributed by atoms with E-state index in [0.717, 1.165) is 61.2 Å². The van der Waals surface area contributed by atoms with Gasteiger partial charge < -0.3 is 28.4 Å². The maximum Gasteiger partial charge on any atom is 0.339 e. The van der Waals surface area contributed by atoms with Crippen LogP contribution >= 0.6 is 0 Å². The van der Waals surface area contributed by atoms with E-state index in [1.807, 2.05) is 60.7 Å². The SMILES string of the molecule is C=CCCCCCCCCCOc1ccc(COC(=O)c2cc(OC(C)=O)cc(C)c2-c2c(C)cc(OC(C)=O)cc2C(=O)OCc2ccc(OCCCCCCCCCC=C)cc2)cc1. The van der Waals surface area contributed by atoms with Crippen LogP contribution in [0, 0.1) is 13.8 Å². The Bertz CT molecular complexity index is 2020. The van der Waals surface area contributed by atoms with Crippen LogP contribution in [0.15, 0.2) is 98.1 Å². The average molecular weight is 903 g/mol. The number of allylic oxidation sites excluding steroid dienone is 2. The summed E-state index contributed by atoms with van der Waals surface area (Å²) in [4.78, 5) is 52.3. The molecule has 4 rings (SSSR count). The first-order valence-electron chi connectivity index (χ1n) is 23.6. The number of benzene rings is 4. The number of ether oxygens (including phenoxy) is 6. The molecule has 0 saturated carbocycles. The quantitative estimate of drug-likeness (QED) is 0.0209. The molecule has 0 N–H and O–H groups in total. The third-order valence-corrected chi connectivity index (χ3v) is 11.1. The number of hydrogen-bond acceptors (Lipinski definition) is 10. The molecule has 0 spiro atoms. The summed E-state index contributed by atoms with van der Waals surface area (Å²) in [5.74, 6) is -0.808. The molecule has 0 bridgehead atoms. The number of aryl methyl sites for hydroxylation is 2. The van der Waals surface area contributed by atoms with Gasteiger partial charge in [-0.25, -0.2) is 9.59 Å². The highest BCUT2D eigenvalue weighted by molar-refractivity contribution is 6.05. The van der Waals surface area contributed by atoms with Crippen LogP contribution in [0.3, 0.4) is 0 Å². The lowest BCUT2D eigenvalue weighted by molar-refractivity contribution is -0.132. The molecule has 0 aliphatic carbocycles. The lowest BCUT2D eigenvalue weighted by atomic mass is 9.88. The number of hydrogen-bond donors (Lipinski definition) is 0. The Morgan fingerprint density at radius 2 is 0.788 bits per heavy atom. The van der Waals surface area contributed by atoms with Crippen molar-refractivity contribution in [2.24, 2.45) is 0 Å². The molecular formula is C56H70O10. The van der Waals surface area contributed by atoms with Crippen LogP contribution in [-0.4, -0.2) is 37.1 Å². The lowest BCUT2D eigenvalue weighted by Crippen LogP contribution is -2.14. The van der Waals surface area contributed by atoms with Crippen molar-refractivity contribution in [1.82, 2.24) is 0 Å². The maximum absolute atomic E-state index is 14.1. The molecule has 0 atom stereocenters. The van der Waals surface area contributed by atoms with Crippen molar-refractivity contribution in [3.8, 4) is 34.1 Å². The molecule has 0 saturated heterocycles. The van der Waals surface area contributed by atoms with E-state index in [1.54, 1.807) is 26.0 Å². The molecule has 0 unspecified atom stereocenters. The van der Waals surface area contributed by atoms with Gasteiger partial charge in [0, 0.05) is 25.0 Å². The summed E-state index contributed by atoms with van der Waals surface area (Å²) in [5.41, 5.74) is 3.40. The monoisotopic (exact) mass is 902 g/mol. The van der Waals surface area contributed by atoms with Crippen molar-refractivity contribution in [1.29, 1.82) is 0 Å². The minimum atomic E-state index is -0.705. The molecule has 0 radical (unpaired) electrons. The molecule has 0 aliphatic rings. The van der Waals surface area contributed by atoms with Crippen LogP contribution in [0.5, 0.6) is 23.0 Å². The zero-order valence-electron chi connectivity index (χ0n) is 39.7. The van der Waals surface area contributed by atoms with E-state index in [-0.39, 0.29) is 35.8 Å².